The van der Waals surface area contributed by atoms with Crippen molar-refractivity contribution in [1.82, 2.24) is 9.97 Å². The molecule has 1 aromatic rings. The van der Waals surface area contributed by atoms with E-state index < -0.39 is 0 Å². The number of nitrogens with two attached hydrogens (primary N) is 1. The molecule has 15 heavy (non-hydrogen) atoms. The lowest BCUT2D eigenvalue weighted by molar-refractivity contribution is 0.335. The van der Waals surface area contributed by atoms with Gasteiger partial charge in [0, 0.05) is 12.0 Å². The van der Waals surface area contributed by atoms with Crippen LogP contribution in [0.2, 0.25) is 0 Å². The summed E-state index contributed by atoms with van der Waals surface area (Å²) in [6, 6.07) is 1.33. The molecule has 0 spiro atoms. The van der Waals surface area contributed by atoms with Gasteiger partial charge in [0.15, 0.2) is 0 Å². The van der Waals surface area contributed by atoms with Crippen molar-refractivity contribution in [2.24, 2.45) is 5.92 Å². The number of hydrogen-bond donors (Lipinski definition) is 2. The van der Waals surface area contributed by atoms with Crippen molar-refractivity contribution in [3.05, 3.63) is 22.2 Å². The summed E-state index contributed by atoms with van der Waals surface area (Å²) >= 11 is 0. The van der Waals surface area contributed by atoms with E-state index in [2.05, 4.69) is 16.9 Å². The van der Waals surface area contributed by atoms with E-state index in [1.54, 1.807) is 0 Å². The van der Waals surface area contributed by atoms with Gasteiger partial charge in [-0.15, -0.1) is 0 Å². The fourth-order valence-corrected chi connectivity index (χ4v) is 2.37. The normalized spacial score (nSPS) is 26.5. The summed E-state index contributed by atoms with van der Waals surface area (Å²) in [6.07, 6.45) is 4.70. The zero-order chi connectivity index (χ0) is 10.8. The van der Waals surface area contributed by atoms with Crippen LogP contribution >= 0.6 is 0 Å². The Hall–Kier alpha value is -1.32. The second-order valence-corrected chi connectivity index (χ2v) is 4.52. The van der Waals surface area contributed by atoms with Crippen LogP contribution in [-0.2, 0) is 0 Å². The second-order valence-electron chi connectivity index (χ2n) is 4.52. The van der Waals surface area contributed by atoms with Crippen LogP contribution in [0.25, 0.3) is 0 Å². The molecular weight excluding hydrogens is 190 g/mol. The third-order valence-electron chi connectivity index (χ3n) is 3.10. The highest BCUT2D eigenvalue weighted by molar-refractivity contribution is 5.26. The maximum atomic E-state index is 11.3. The number of nitrogens with zero attached hydrogens (tertiary/aromatic N) is 1. The molecule has 82 valence electrons. The summed E-state index contributed by atoms with van der Waals surface area (Å²) in [6.45, 7) is 2.25. The number of aromatic amines is 1. The van der Waals surface area contributed by atoms with Crippen molar-refractivity contribution < 1.29 is 0 Å². The Bertz CT molecular complexity index is 399. The predicted molar refractivity (Wildman–Crippen MR) is 59.6 cm³/mol. The third kappa shape index (κ3) is 2.37. The van der Waals surface area contributed by atoms with E-state index in [9.17, 15) is 4.79 Å². The number of nitrogens with one attached hydrogen (secondary N) is 1. The average Bonchev–Trinajstić information content (AvgIpc) is 2.16. The molecule has 0 aromatic carbocycles. The SMILES string of the molecule is CC1CCCC(c2nc(N)cc(=O)[nH]2)C1. The highest BCUT2D eigenvalue weighted by Gasteiger charge is 2.22. The average molecular weight is 207 g/mol. The summed E-state index contributed by atoms with van der Waals surface area (Å²) in [4.78, 5) is 18.3. The van der Waals surface area contributed by atoms with Gasteiger partial charge in [-0.3, -0.25) is 4.79 Å². The van der Waals surface area contributed by atoms with Crippen molar-refractivity contribution in [2.45, 2.75) is 38.5 Å². The summed E-state index contributed by atoms with van der Waals surface area (Å²) < 4.78 is 0. The van der Waals surface area contributed by atoms with Crippen LogP contribution in [0.3, 0.4) is 0 Å². The van der Waals surface area contributed by atoms with Gasteiger partial charge in [-0.2, -0.15) is 0 Å². The van der Waals surface area contributed by atoms with Crippen molar-refractivity contribution in [1.29, 1.82) is 0 Å². The molecule has 1 saturated carbocycles. The summed E-state index contributed by atoms with van der Waals surface area (Å²) in [5.41, 5.74) is 5.43. The van der Waals surface area contributed by atoms with Gasteiger partial charge in [0.2, 0.25) is 0 Å². The molecule has 2 rings (SSSR count). The Morgan fingerprint density at radius 1 is 1.53 bits per heavy atom. The van der Waals surface area contributed by atoms with Crippen molar-refractivity contribution in [2.75, 3.05) is 5.73 Å². The van der Waals surface area contributed by atoms with Crippen LogP contribution in [-0.4, -0.2) is 9.97 Å². The van der Waals surface area contributed by atoms with Gasteiger partial charge in [0.05, 0.1) is 0 Å². The second kappa shape index (κ2) is 4.04. The molecule has 0 amide bonds. The molecule has 0 radical (unpaired) electrons. The molecular formula is C11H17N3O. The monoisotopic (exact) mass is 207 g/mol. The summed E-state index contributed by atoms with van der Waals surface area (Å²) in [5.74, 6) is 2.19. The Balaban J connectivity index is 2.24. The van der Waals surface area contributed by atoms with Gasteiger partial charge in [0.25, 0.3) is 5.56 Å². The molecule has 0 bridgehead atoms. The molecule has 1 fully saturated rings. The zero-order valence-corrected chi connectivity index (χ0v) is 8.99. The van der Waals surface area contributed by atoms with Crippen molar-refractivity contribution in [3.63, 3.8) is 0 Å². The number of hydrogen-bond acceptors (Lipinski definition) is 3. The maximum absolute atomic E-state index is 11.3. The maximum Gasteiger partial charge on any atom is 0.252 e. The van der Waals surface area contributed by atoms with E-state index in [1.165, 1.54) is 18.9 Å². The Morgan fingerprint density at radius 3 is 3.00 bits per heavy atom. The largest absolute Gasteiger partial charge is 0.383 e. The quantitative estimate of drug-likeness (QED) is 0.735. The van der Waals surface area contributed by atoms with Gasteiger partial charge in [-0.25, -0.2) is 4.98 Å². The molecule has 3 N–H and O–H groups in total. The van der Waals surface area contributed by atoms with E-state index in [0.29, 0.717) is 11.7 Å². The van der Waals surface area contributed by atoms with E-state index in [4.69, 9.17) is 5.73 Å². The molecule has 2 unspecified atom stereocenters. The van der Waals surface area contributed by atoms with Gasteiger partial charge >= 0.3 is 0 Å². The first-order chi connectivity index (χ1) is 7.15. The highest BCUT2D eigenvalue weighted by atomic mass is 16.1. The number of aromatic nitrogens is 2. The predicted octanol–water partition coefficient (Wildman–Crippen LogP) is 1.65. The lowest BCUT2D eigenvalue weighted by Crippen LogP contribution is -2.19. The van der Waals surface area contributed by atoms with E-state index in [-0.39, 0.29) is 5.56 Å². The van der Waals surface area contributed by atoms with Crippen LogP contribution < -0.4 is 11.3 Å². The van der Waals surface area contributed by atoms with E-state index in [0.717, 1.165) is 24.6 Å². The molecule has 2 atom stereocenters. The molecule has 4 heteroatoms. The van der Waals surface area contributed by atoms with Crippen LogP contribution in [0.15, 0.2) is 10.9 Å². The molecule has 1 heterocycles. The topological polar surface area (TPSA) is 71.8 Å². The Labute approximate surface area is 88.9 Å². The van der Waals surface area contributed by atoms with Crippen LogP contribution in [0, 0.1) is 5.92 Å². The first-order valence-electron chi connectivity index (χ1n) is 5.52. The Kier molecular flexibility index (Phi) is 2.75. The lowest BCUT2D eigenvalue weighted by Gasteiger charge is -2.25. The van der Waals surface area contributed by atoms with Gasteiger partial charge in [-0.05, 0) is 18.8 Å². The summed E-state index contributed by atoms with van der Waals surface area (Å²) in [5, 5.41) is 0. The number of rotatable bonds is 1. The minimum Gasteiger partial charge on any atom is -0.383 e. The minimum atomic E-state index is -0.143. The Morgan fingerprint density at radius 2 is 2.33 bits per heavy atom. The molecule has 1 aliphatic carbocycles. The van der Waals surface area contributed by atoms with Crippen LogP contribution in [0.5, 0.6) is 0 Å². The van der Waals surface area contributed by atoms with E-state index in [1.807, 2.05) is 0 Å². The third-order valence-corrected chi connectivity index (χ3v) is 3.10. The molecule has 4 nitrogen and oxygen atoms in total. The fourth-order valence-electron chi connectivity index (χ4n) is 2.37. The highest BCUT2D eigenvalue weighted by Crippen LogP contribution is 2.33. The summed E-state index contributed by atoms with van der Waals surface area (Å²) in [7, 11) is 0. The number of anilines is 1. The van der Waals surface area contributed by atoms with Gasteiger partial charge in [-0.1, -0.05) is 19.8 Å². The van der Waals surface area contributed by atoms with Crippen LogP contribution in [0.1, 0.15) is 44.3 Å². The number of H-pyrrole nitrogens is 1. The van der Waals surface area contributed by atoms with Crippen LogP contribution in [0.4, 0.5) is 5.82 Å². The lowest BCUT2D eigenvalue weighted by atomic mass is 9.82. The molecule has 0 aliphatic heterocycles. The zero-order valence-electron chi connectivity index (χ0n) is 8.99. The first-order valence-corrected chi connectivity index (χ1v) is 5.52. The first kappa shape index (κ1) is 10.2. The minimum absolute atomic E-state index is 0.143. The van der Waals surface area contributed by atoms with Crippen molar-refractivity contribution in [3.8, 4) is 0 Å². The van der Waals surface area contributed by atoms with Gasteiger partial charge < -0.3 is 10.7 Å². The smallest absolute Gasteiger partial charge is 0.252 e. The van der Waals surface area contributed by atoms with Gasteiger partial charge in [0.1, 0.15) is 11.6 Å². The number of nitrogen functional groups attached to an aromatic ring is 1. The molecule has 0 saturated heterocycles. The molecule has 1 aliphatic rings. The fraction of sp³-hybridized carbons (Fsp3) is 0.636. The van der Waals surface area contributed by atoms with E-state index >= 15 is 0 Å². The van der Waals surface area contributed by atoms with Crippen molar-refractivity contribution >= 4 is 5.82 Å². The standard InChI is InChI=1S/C11H17N3O/c1-7-3-2-4-8(5-7)11-13-9(12)6-10(15)14-11/h6-8H,2-5H2,1H3,(H3,12,13,14,15). The molecule has 1 aromatic heterocycles.